The molecule has 20 heavy (non-hydrogen) atoms. The van der Waals surface area contributed by atoms with Crippen LogP contribution in [0.2, 0.25) is 0 Å². The molecular formula is C17H24N2O. The van der Waals surface area contributed by atoms with Gasteiger partial charge in [-0.05, 0) is 49.0 Å². The number of carbonyl (C=O) groups excluding carboxylic acids is 1. The molecule has 2 aliphatic rings. The van der Waals surface area contributed by atoms with Crippen LogP contribution in [0.25, 0.3) is 0 Å². The second-order valence-corrected chi connectivity index (χ2v) is 6.40. The topological polar surface area (TPSA) is 55.1 Å². The van der Waals surface area contributed by atoms with Crippen LogP contribution >= 0.6 is 0 Å². The van der Waals surface area contributed by atoms with Crippen molar-refractivity contribution in [3.63, 3.8) is 0 Å². The van der Waals surface area contributed by atoms with Gasteiger partial charge >= 0.3 is 0 Å². The maximum Gasteiger partial charge on any atom is 0.241 e. The molecule has 3 N–H and O–H groups in total. The molecule has 0 spiro atoms. The number of fused-ring (bicyclic) bond motifs is 2. The van der Waals surface area contributed by atoms with E-state index in [0.717, 1.165) is 36.3 Å². The second-order valence-electron chi connectivity index (χ2n) is 6.40. The summed E-state index contributed by atoms with van der Waals surface area (Å²) in [6.07, 6.45) is 6.78. The summed E-state index contributed by atoms with van der Waals surface area (Å²) in [7, 11) is 0. The minimum atomic E-state index is -0.545. The number of nitrogens with two attached hydrogens (primary N) is 1. The zero-order valence-electron chi connectivity index (χ0n) is 11.9. The van der Waals surface area contributed by atoms with E-state index in [4.69, 9.17) is 5.73 Å². The van der Waals surface area contributed by atoms with Crippen molar-refractivity contribution in [2.75, 3.05) is 6.54 Å². The van der Waals surface area contributed by atoms with Gasteiger partial charge in [-0.3, -0.25) is 4.79 Å². The summed E-state index contributed by atoms with van der Waals surface area (Å²) in [5.41, 5.74) is 6.86. The van der Waals surface area contributed by atoms with Gasteiger partial charge in [-0.1, -0.05) is 36.8 Å². The van der Waals surface area contributed by atoms with Crippen molar-refractivity contribution >= 4 is 5.91 Å². The van der Waals surface area contributed by atoms with Crippen LogP contribution in [-0.4, -0.2) is 12.5 Å². The van der Waals surface area contributed by atoms with Gasteiger partial charge in [0.05, 0.1) is 0 Å². The van der Waals surface area contributed by atoms with E-state index >= 15 is 0 Å². The number of hydrogen-bond donors (Lipinski definition) is 2. The van der Waals surface area contributed by atoms with E-state index in [9.17, 15) is 4.79 Å². The van der Waals surface area contributed by atoms with Gasteiger partial charge in [-0.25, -0.2) is 0 Å². The van der Waals surface area contributed by atoms with Gasteiger partial charge in [0, 0.05) is 6.54 Å². The molecule has 3 nitrogen and oxygen atoms in total. The largest absolute Gasteiger partial charge is 0.354 e. The molecule has 1 aromatic rings. The number of benzene rings is 1. The summed E-state index contributed by atoms with van der Waals surface area (Å²) >= 11 is 0. The number of hydrogen-bond acceptors (Lipinski definition) is 2. The molecule has 3 heteroatoms. The van der Waals surface area contributed by atoms with Crippen molar-refractivity contribution in [2.24, 2.45) is 23.5 Å². The third kappa shape index (κ3) is 2.88. The Labute approximate surface area is 120 Å². The van der Waals surface area contributed by atoms with Crippen LogP contribution in [0, 0.1) is 17.8 Å². The van der Waals surface area contributed by atoms with Crippen molar-refractivity contribution in [1.82, 2.24) is 5.32 Å². The summed E-state index contributed by atoms with van der Waals surface area (Å²) in [5.74, 6) is 2.69. The summed E-state index contributed by atoms with van der Waals surface area (Å²) < 4.78 is 0. The lowest BCUT2D eigenvalue weighted by Gasteiger charge is -2.22. The first-order valence-electron chi connectivity index (χ1n) is 7.82. The molecule has 1 amide bonds. The van der Waals surface area contributed by atoms with Gasteiger partial charge in [0.25, 0.3) is 0 Å². The van der Waals surface area contributed by atoms with E-state index in [-0.39, 0.29) is 5.91 Å². The van der Waals surface area contributed by atoms with E-state index in [1.54, 1.807) is 0 Å². The quantitative estimate of drug-likeness (QED) is 0.865. The fourth-order valence-corrected chi connectivity index (χ4v) is 4.03. The summed E-state index contributed by atoms with van der Waals surface area (Å²) in [6.45, 7) is 0.771. The smallest absolute Gasteiger partial charge is 0.241 e. The molecule has 108 valence electrons. The van der Waals surface area contributed by atoms with Crippen molar-refractivity contribution in [3.8, 4) is 0 Å². The molecule has 2 bridgehead atoms. The van der Waals surface area contributed by atoms with Gasteiger partial charge in [0.1, 0.15) is 6.04 Å². The molecule has 4 atom stereocenters. The first-order chi connectivity index (χ1) is 9.74. The Balaban J connectivity index is 1.43. The third-order valence-corrected chi connectivity index (χ3v) is 5.14. The molecule has 3 rings (SSSR count). The Morgan fingerprint density at radius 1 is 1.25 bits per heavy atom. The Morgan fingerprint density at radius 2 is 2.05 bits per heavy atom. The molecule has 2 saturated carbocycles. The molecule has 0 aromatic heterocycles. The minimum absolute atomic E-state index is 0.0562. The highest BCUT2D eigenvalue weighted by Crippen LogP contribution is 2.49. The van der Waals surface area contributed by atoms with Crippen molar-refractivity contribution < 1.29 is 4.79 Å². The monoisotopic (exact) mass is 272 g/mol. The second kappa shape index (κ2) is 5.96. The zero-order valence-corrected chi connectivity index (χ0v) is 11.9. The van der Waals surface area contributed by atoms with Crippen LogP contribution < -0.4 is 11.1 Å². The van der Waals surface area contributed by atoms with E-state index in [0.29, 0.717) is 0 Å². The van der Waals surface area contributed by atoms with Gasteiger partial charge < -0.3 is 11.1 Å². The summed E-state index contributed by atoms with van der Waals surface area (Å²) in [5, 5.41) is 3.00. The van der Waals surface area contributed by atoms with Crippen molar-refractivity contribution in [1.29, 1.82) is 0 Å². The van der Waals surface area contributed by atoms with E-state index in [2.05, 4.69) is 5.32 Å². The lowest BCUT2D eigenvalue weighted by atomic mass is 9.86. The summed E-state index contributed by atoms with van der Waals surface area (Å²) in [6, 6.07) is 9.02. The van der Waals surface area contributed by atoms with E-state index < -0.39 is 6.04 Å². The maximum absolute atomic E-state index is 12.0. The molecule has 4 unspecified atom stereocenters. The van der Waals surface area contributed by atoms with Crippen molar-refractivity contribution in [2.45, 2.75) is 38.1 Å². The summed E-state index contributed by atoms with van der Waals surface area (Å²) in [4.78, 5) is 12.0. The van der Waals surface area contributed by atoms with Crippen LogP contribution in [-0.2, 0) is 4.79 Å². The Morgan fingerprint density at radius 3 is 2.70 bits per heavy atom. The predicted molar refractivity (Wildman–Crippen MR) is 79.9 cm³/mol. The highest BCUT2D eigenvalue weighted by molar-refractivity contribution is 5.82. The SMILES string of the molecule is NC(C(=O)NCCC1CC2CCC1C2)c1ccccc1. The fraction of sp³-hybridized carbons (Fsp3) is 0.588. The number of amides is 1. The Kier molecular flexibility index (Phi) is 4.06. The minimum Gasteiger partial charge on any atom is -0.354 e. The van der Waals surface area contributed by atoms with Gasteiger partial charge in [-0.2, -0.15) is 0 Å². The molecule has 1 aromatic carbocycles. The highest BCUT2D eigenvalue weighted by Gasteiger charge is 2.38. The third-order valence-electron chi connectivity index (χ3n) is 5.14. The lowest BCUT2D eigenvalue weighted by Crippen LogP contribution is -2.35. The molecule has 0 radical (unpaired) electrons. The van der Waals surface area contributed by atoms with E-state index in [1.165, 1.54) is 25.7 Å². The van der Waals surface area contributed by atoms with Crippen LogP contribution in [0.1, 0.15) is 43.7 Å². The van der Waals surface area contributed by atoms with Crippen LogP contribution in [0.3, 0.4) is 0 Å². The predicted octanol–water partition coefficient (Wildman–Crippen LogP) is 2.63. The fourth-order valence-electron chi connectivity index (χ4n) is 4.03. The molecule has 0 aliphatic heterocycles. The maximum atomic E-state index is 12.0. The van der Waals surface area contributed by atoms with Crippen LogP contribution in [0.4, 0.5) is 0 Å². The first kappa shape index (κ1) is 13.6. The number of carbonyl (C=O) groups is 1. The normalized spacial score (nSPS) is 29.4. The van der Waals surface area contributed by atoms with Crippen LogP contribution in [0.5, 0.6) is 0 Å². The standard InChI is InChI=1S/C17H24N2O/c18-16(13-4-2-1-3-5-13)17(20)19-9-8-15-11-12-6-7-14(15)10-12/h1-5,12,14-16H,6-11,18H2,(H,19,20). The van der Waals surface area contributed by atoms with Gasteiger partial charge in [0.2, 0.25) is 5.91 Å². The lowest BCUT2D eigenvalue weighted by molar-refractivity contribution is -0.122. The Hall–Kier alpha value is -1.35. The molecule has 2 fully saturated rings. The Bertz CT molecular complexity index is 459. The average molecular weight is 272 g/mol. The van der Waals surface area contributed by atoms with Crippen molar-refractivity contribution in [3.05, 3.63) is 35.9 Å². The molecule has 0 heterocycles. The van der Waals surface area contributed by atoms with Crippen LogP contribution in [0.15, 0.2) is 30.3 Å². The highest BCUT2D eigenvalue weighted by atomic mass is 16.2. The molecule has 2 aliphatic carbocycles. The zero-order chi connectivity index (χ0) is 13.9. The molecular weight excluding hydrogens is 248 g/mol. The average Bonchev–Trinajstić information content (AvgIpc) is 3.10. The first-order valence-corrected chi connectivity index (χ1v) is 7.82. The van der Waals surface area contributed by atoms with Gasteiger partial charge in [0.15, 0.2) is 0 Å². The number of nitrogens with one attached hydrogen (secondary N) is 1. The van der Waals surface area contributed by atoms with E-state index in [1.807, 2.05) is 30.3 Å². The van der Waals surface area contributed by atoms with Gasteiger partial charge in [-0.15, -0.1) is 0 Å². The number of rotatable bonds is 5. The molecule has 0 saturated heterocycles.